The van der Waals surface area contributed by atoms with Crippen LogP contribution >= 0.6 is 0 Å². The molecule has 166 valence electrons. The summed E-state index contributed by atoms with van der Waals surface area (Å²) in [4.78, 5) is 32.5. The summed E-state index contributed by atoms with van der Waals surface area (Å²) in [6.45, 7) is 1.07. The maximum absolute atomic E-state index is 13.0. The van der Waals surface area contributed by atoms with Crippen LogP contribution in [0.1, 0.15) is 18.5 Å². The van der Waals surface area contributed by atoms with Crippen LogP contribution < -0.4 is 4.90 Å². The Kier molecular flexibility index (Phi) is 6.76. The Morgan fingerprint density at radius 1 is 1.25 bits per heavy atom. The van der Waals surface area contributed by atoms with E-state index in [4.69, 9.17) is 4.74 Å². The highest BCUT2D eigenvalue weighted by Crippen LogP contribution is 2.17. The second-order valence-corrected chi connectivity index (χ2v) is 7.53. The molecule has 0 radical (unpaired) electrons. The molecule has 3 aromatic rings. The van der Waals surface area contributed by atoms with Gasteiger partial charge >= 0.3 is 6.09 Å². The number of aliphatic hydroxyl groups excluding tert-OH is 1. The molecule has 1 aromatic carbocycles. The number of aromatic amines is 1. The molecule has 1 atom stereocenters. The van der Waals surface area contributed by atoms with Gasteiger partial charge in [0.25, 0.3) is 5.91 Å². The van der Waals surface area contributed by atoms with Gasteiger partial charge in [0.1, 0.15) is 6.61 Å². The number of likely N-dealkylation sites (tertiary alicyclic amines) is 1. The lowest BCUT2D eigenvalue weighted by atomic mass is 10.1. The highest BCUT2D eigenvalue weighted by Gasteiger charge is 2.23. The van der Waals surface area contributed by atoms with Gasteiger partial charge in [-0.2, -0.15) is 5.10 Å². The minimum Gasteiger partial charge on any atom is -0.448 e. The van der Waals surface area contributed by atoms with Gasteiger partial charge < -0.3 is 19.6 Å². The van der Waals surface area contributed by atoms with Gasteiger partial charge in [0.2, 0.25) is 0 Å². The highest BCUT2D eigenvalue weighted by atomic mass is 16.6. The zero-order valence-electron chi connectivity index (χ0n) is 17.6. The lowest BCUT2D eigenvalue weighted by molar-refractivity contribution is -0.114. The molecule has 0 saturated carbocycles. The van der Waals surface area contributed by atoms with Crippen molar-refractivity contribution in [3.05, 3.63) is 60.4 Å². The maximum atomic E-state index is 13.0. The Bertz CT molecular complexity index is 1100. The van der Waals surface area contributed by atoms with Crippen LogP contribution in [0.25, 0.3) is 17.1 Å². The number of anilines is 1. The molecule has 9 heteroatoms. The fourth-order valence-corrected chi connectivity index (χ4v) is 3.65. The molecule has 9 nitrogen and oxygen atoms in total. The van der Waals surface area contributed by atoms with Crippen LogP contribution in [0.5, 0.6) is 0 Å². The van der Waals surface area contributed by atoms with E-state index in [1.165, 1.54) is 11.0 Å². The molecule has 0 aliphatic carbocycles. The number of rotatable bonds is 6. The van der Waals surface area contributed by atoms with Crippen molar-refractivity contribution in [1.82, 2.24) is 20.1 Å². The van der Waals surface area contributed by atoms with E-state index in [-0.39, 0.29) is 25.6 Å². The number of H-pyrrole nitrogens is 1. The predicted octanol–water partition coefficient (Wildman–Crippen LogP) is 2.60. The number of nitrogens with zero attached hydrogens (tertiary/aromatic N) is 4. The van der Waals surface area contributed by atoms with Crippen LogP contribution in [-0.4, -0.2) is 69.5 Å². The first-order valence-electron chi connectivity index (χ1n) is 10.6. The second kappa shape index (κ2) is 10.1. The third kappa shape index (κ3) is 5.12. The smallest absolute Gasteiger partial charge is 0.409 e. The van der Waals surface area contributed by atoms with Gasteiger partial charge in [0.05, 0.1) is 18.3 Å². The zero-order valence-corrected chi connectivity index (χ0v) is 17.6. The molecular weight excluding hydrogens is 410 g/mol. The van der Waals surface area contributed by atoms with Crippen molar-refractivity contribution < 1.29 is 19.4 Å². The number of carbonyl (C=O) groups excluding carboxylic acids is 2. The number of hydrogen-bond donors (Lipinski definition) is 2. The number of amides is 2. The Balaban J connectivity index is 1.42. The lowest BCUT2D eigenvalue weighted by Crippen LogP contribution is -2.43. The molecule has 4 rings (SSSR count). The quantitative estimate of drug-likeness (QED) is 0.576. The summed E-state index contributed by atoms with van der Waals surface area (Å²) in [6.07, 6.45) is 5.22. The number of piperidine rings is 1. The first-order valence-corrected chi connectivity index (χ1v) is 10.6. The zero-order chi connectivity index (χ0) is 22.3. The monoisotopic (exact) mass is 435 g/mol. The molecule has 0 bridgehead atoms. The normalized spacial score (nSPS) is 16.4. The van der Waals surface area contributed by atoms with Crippen LogP contribution in [0.4, 0.5) is 10.5 Å². The third-order valence-corrected chi connectivity index (χ3v) is 5.28. The number of aliphatic hydroxyl groups is 1. The summed E-state index contributed by atoms with van der Waals surface area (Å²) < 4.78 is 5.37. The van der Waals surface area contributed by atoms with Gasteiger partial charge in [-0.1, -0.05) is 18.2 Å². The number of aromatic nitrogens is 3. The Morgan fingerprint density at radius 2 is 2.09 bits per heavy atom. The molecule has 1 unspecified atom stereocenters. The summed E-state index contributed by atoms with van der Waals surface area (Å²) in [5, 5.41) is 17.6. The van der Waals surface area contributed by atoms with Crippen molar-refractivity contribution in [3.8, 4) is 0 Å². The minimum absolute atomic E-state index is 0.0385. The second-order valence-electron chi connectivity index (χ2n) is 7.53. The standard InChI is InChI=1S/C23H25N5O4/c29-18-8-5-13-27(16-18)23(31)32-15-14-28(17-6-2-1-3-7-17)21(30)11-10-20-19-9-4-12-24-22(19)26-25-20/h1-4,6-7,9-12,18,29H,5,8,13-16H2,(H,24,25,26)/b11-10+. The third-order valence-electron chi connectivity index (χ3n) is 5.28. The van der Waals surface area contributed by atoms with Crippen molar-refractivity contribution in [3.63, 3.8) is 0 Å². The van der Waals surface area contributed by atoms with E-state index in [0.717, 1.165) is 11.8 Å². The van der Waals surface area contributed by atoms with E-state index >= 15 is 0 Å². The number of β-amino-alcohol motifs (C(OH)–C–C–N with tert-alkyl or cyclic N) is 1. The topological polar surface area (TPSA) is 112 Å². The van der Waals surface area contributed by atoms with Crippen molar-refractivity contribution in [2.24, 2.45) is 0 Å². The number of nitrogens with one attached hydrogen (secondary N) is 1. The molecule has 2 amide bonds. The number of ether oxygens (including phenoxy) is 1. The molecule has 2 N–H and O–H groups in total. The molecular formula is C23H25N5O4. The largest absolute Gasteiger partial charge is 0.448 e. The van der Waals surface area contributed by atoms with Gasteiger partial charge in [0.15, 0.2) is 5.65 Å². The van der Waals surface area contributed by atoms with E-state index in [0.29, 0.717) is 30.0 Å². The molecule has 0 spiro atoms. The van der Waals surface area contributed by atoms with Crippen LogP contribution in [0.3, 0.4) is 0 Å². The summed E-state index contributed by atoms with van der Waals surface area (Å²) in [6, 6.07) is 12.9. The van der Waals surface area contributed by atoms with Gasteiger partial charge in [-0.05, 0) is 43.2 Å². The van der Waals surface area contributed by atoms with Crippen LogP contribution in [-0.2, 0) is 9.53 Å². The molecule has 32 heavy (non-hydrogen) atoms. The van der Waals surface area contributed by atoms with E-state index in [1.54, 1.807) is 17.2 Å². The number of carbonyl (C=O) groups is 2. The van der Waals surface area contributed by atoms with Gasteiger partial charge in [0, 0.05) is 36.4 Å². The van der Waals surface area contributed by atoms with E-state index in [1.807, 2.05) is 42.5 Å². The van der Waals surface area contributed by atoms with Gasteiger partial charge in [-0.25, -0.2) is 9.78 Å². The molecule has 1 aliphatic heterocycles. The number of benzene rings is 1. The average molecular weight is 435 g/mol. The summed E-state index contributed by atoms with van der Waals surface area (Å²) in [5.74, 6) is -0.257. The van der Waals surface area contributed by atoms with Crippen molar-refractivity contribution in [2.75, 3.05) is 31.1 Å². The highest BCUT2D eigenvalue weighted by molar-refractivity contribution is 6.04. The fourth-order valence-electron chi connectivity index (χ4n) is 3.65. The van der Waals surface area contributed by atoms with Crippen LogP contribution in [0, 0.1) is 0 Å². The fraction of sp³-hybridized carbons (Fsp3) is 0.304. The average Bonchev–Trinajstić information content (AvgIpc) is 3.24. The Labute approximate surface area is 185 Å². The molecule has 3 heterocycles. The van der Waals surface area contributed by atoms with Crippen molar-refractivity contribution in [2.45, 2.75) is 18.9 Å². The molecule has 1 saturated heterocycles. The van der Waals surface area contributed by atoms with Crippen LogP contribution in [0.15, 0.2) is 54.7 Å². The lowest BCUT2D eigenvalue weighted by Gasteiger charge is -2.29. The van der Waals surface area contributed by atoms with Crippen molar-refractivity contribution in [1.29, 1.82) is 0 Å². The maximum Gasteiger partial charge on any atom is 0.409 e. The number of fused-ring (bicyclic) bond motifs is 1. The van der Waals surface area contributed by atoms with E-state index in [2.05, 4.69) is 15.2 Å². The number of para-hydroxylation sites is 1. The minimum atomic E-state index is -0.516. The van der Waals surface area contributed by atoms with Crippen molar-refractivity contribution >= 4 is 34.8 Å². The number of pyridine rings is 1. The molecule has 1 aliphatic rings. The summed E-state index contributed by atoms with van der Waals surface area (Å²) in [7, 11) is 0. The number of hydrogen-bond acceptors (Lipinski definition) is 6. The summed E-state index contributed by atoms with van der Waals surface area (Å²) >= 11 is 0. The Morgan fingerprint density at radius 3 is 2.91 bits per heavy atom. The van der Waals surface area contributed by atoms with Gasteiger partial charge in [-0.15, -0.1) is 0 Å². The predicted molar refractivity (Wildman–Crippen MR) is 120 cm³/mol. The Hall–Kier alpha value is -3.72. The molecule has 1 fully saturated rings. The summed E-state index contributed by atoms with van der Waals surface area (Å²) in [5.41, 5.74) is 1.96. The van der Waals surface area contributed by atoms with E-state index < -0.39 is 12.2 Å². The van der Waals surface area contributed by atoms with Gasteiger partial charge in [-0.3, -0.25) is 9.89 Å². The van der Waals surface area contributed by atoms with E-state index in [9.17, 15) is 14.7 Å². The molecule has 2 aromatic heterocycles. The first-order chi connectivity index (χ1) is 15.6. The van der Waals surface area contributed by atoms with Crippen LogP contribution in [0.2, 0.25) is 0 Å². The SMILES string of the molecule is O=C(OCCN(C(=O)/C=C/c1[nH]nc2ncccc12)c1ccccc1)N1CCCC(O)C1. The first kappa shape index (κ1) is 21.5.